The second-order valence-corrected chi connectivity index (χ2v) is 8.21. The van der Waals surface area contributed by atoms with Gasteiger partial charge < -0.3 is 14.4 Å². The first kappa shape index (κ1) is 21.5. The molecule has 1 aliphatic heterocycles. The number of carbonyl (C=O) groups is 3. The largest absolute Gasteiger partial charge is 0.466 e. The van der Waals surface area contributed by atoms with E-state index in [1.807, 2.05) is 0 Å². The van der Waals surface area contributed by atoms with Gasteiger partial charge in [-0.3, -0.25) is 9.59 Å². The summed E-state index contributed by atoms with van der Waals surface area (Å²) in [5, 5.41) is 0.745. The van der Waals surface area contributed by atoms with Gasteiger partial charge in [0.05, 0.1) is 17.5 Å². The average molecular weight is 442 g/mol. The molecule has 0 spiro atoms. The van der Waals surface area contributed by atoms with Gasteiger partial charge in [0, 0.05) is 23.2 Å². The van der Waals surface area contributed by atoms with Gasteiger partial charge in [-0.2, -0.15) is 0 Å². The normalized spacial score (nSPS) is 15.9. The highest BCUT2D eigenvalue weighted by Gasteiger charge is 2.32. The summed E-state index contributed by atoms with van der Waals surface area (Å²) in [6.45, 7) is 4.38. The Kier molecular flexibility index (Phi) is 6.74. The van der Waals surface area contributed by atoms with Crippen molar-refractivity contribution < 1.29 is 28.2 Å². The molecule has 0 aliphatic carbocycles. The first-order valence-corrected chi connectivity index (χ1v) is 10.5. The molecule has 6 nitrogen and oxygen atoms in total. The van der Waals surface area contributed by atoms with Crippen LogP contribution in [0.2, 0.25) is 5.02 Å². The lowest BCUT2D eigenvalue weighted by Gasteiger charge is -2.32. The number of nitrogens with zero attached hydrogens (tertiary/aromatic N) is 1. The first-order chi connectivity index (χ1) is 13.8. The number of ether oxygens (including phenoxy) is 2. The van der Waals surface area contributed by atoms with E-state index in [1.54, 1.807) is 11.8 Å². The molecule has 0 bridgehead atoms. The van der Waals surface area contributed by atoms with Crippen molar-refractivity contribution in [2.45, 2.75) is 32.8 Å². The van der Waals surface area contributed by atoms with Crippen molar-refractivity contribution in [1.82, 2.24) is 4.90 Å². The zero-order valence-electron chi connectivity index (χ0n) is 16.1. The van der Waals surface area contributed by atoms with E-state index in [0.717, 1.165) is 11.3 Å². The lowest BCUT2D eigenvalue weighted by atomic mass is 9.97. The van der Waals surface area contributed by atoms with E-state index in [0.29, 0.717) is 42.6 Å². The molecule has 2 heterocycles. The molecule has 1 aliphatic rings. The predicted molar refractivity (Wildman–Crippen MR) is 108 cm³/mol. The van der Waals surface area contributed by atoms with Crippen LogP contribution in [0.25, 0.3) is 10.1 Å². The van der Waals surface area contributed by atoms with Gasteiger partial charge in [-0.05, 0) is 44.9 Å². The second-order valence-electron chi connectivity index (χ2n) is 6.78. The SMILES string of the molecule is CCOC(=O)C1CCN(C(=O)[C@@H](C)OC(=O)c2sc3cc(F)ccc3c2Cl)CC1. The molecule has 9 heteroatoms. The van der Waals surface area contributed by atoms with E-state index in [1.165, 1.54) is 25.1 Å². The van der Waals surface area contributed by atoms with Crippen molar-refractivity contribution in [1.29, 1.82) is 0 Å². The Morgan fingerprint density at radius 1 is 1.31 bits per heavy atom. The first-order valence-electron chi connectivity index (χ1n) is 9.35. The number of likely N-dealkylation sites (tertiary alicyclic amines) is 1. The highest BCUT2D eigenvalue weighted by molar-refractivity contribution is 7.21. The van der Waals surface area contributed by atoms with Crippen molar-refractivity contribution >= 4 is 50.9 Å². The summed E-state index contributed by atoms with van der Waals surface area (Å²) >= 11 is 7.26. The van der Waals surface area contributed by atoms with Crippen LogP contribution in [-0.2, 0) is 19.1 Å². The van der Waals surface area contributed by atoms with Crippen LogP contribution in [0.15, 0.2) is 18.2 Å². The molecular formula is C20H21ClFNO5S. The van der Waals surface area contributed by atoms with Gasteiger partial charge in [0.2, 0.25) is 0 Å². The smallest absolute Gasteiger partial charge is 0.350 e. The zero-order valence-corrected chi connectivity index (χ0v) is 17.6. The summed E-state index contributed by atoms with van der Waals surface area (Å²) < 4.78 is 24.3. The van der Waals surface area contributed by atoms with Crippen molar-refractivity contribution in [3.8, 4) is 0 Å². The summed E-state index contributed by atoms with van der Waals surface area (Å²) in [5.41, 5.74) is 0. The van der Waals surface area contributed by atoms with Gasteiger partial charge >= 0.3 is 11.9 Å². The topological polar surface area (TPSA) is 72.9 Å². The van der Waals surface area contributed by atoms with Crippen molar-refractivity contribution in [2.24, 2.45) is 5.92 Å². The van der Waals surface area contributed by atoms with Crippen LogP contribution in [-0.4, -0.2) is 48.5 Å². The van der Waals surface area contributed by atoms with Crippen molar-refractivity contribution in [2.75, 3.05) is 19.7 Å². The van der Waals surface area contributed by atoms with Crippen LogP contribution in [0.1, 0.15) is 36.4 Å². The number of halogens is 2. The number of hydrogen-bond acceptors (Lipinski definition) is 6. The molecule has 1 amide bonds. The van der Waals surface area contributed by atoms with Crippen LogP contribution >= 0.6 is 22.9 Å². The quantitative estimate of drug-likeness (QED) is 0.655. The minimum absolute atomic E-state index is 0.132. The van der Waals surface area contributed by atoms with Crippen molar-refractivity contribution in [3.63, 3.8) is 0 Å². The number of thiophene rings is 1. The maximum Gasteiger partial charge on any atom is 0.350 e. The monoisotopic (exact) mass is 441 g/mol. The van der Waals surface area contributed by atoms with Gasteiger partial charge in [-0.1, -0.05) is 11.6 Å². The molecule has 0 unspecified atom stereocenters. The molecule has 29 heavy (non-hydrogen) atoms. The van der Waals surface area contributed by atoms with Crippen molar-refractivity contribution in [3.05, 3.63) is 33.9 Å². The Hall–Kier alpha value is -2.19. The molecule has 1 atom stereocenters. The third-order valence-corrected chi connectivity index (χ3v) is 6.47. The number of hydrogen-bond donors (Lipinski definition) is 0. The lowest BCUT2D eigenvalue weighted by molar-refractivity contribution is -0.152. The standard InChI is InChI=1S/C20H21ClFNO5S/c1-3-27-19(25)12-6-8-23(9-7-12)18(24)11(2)28-20(26)17-16(21)14-5-4-13(22)10-15(14)29-17/h4-5,10-12H,3,6-9H2,1-2H3/t11-/m1/s1. The molecular weight excluding hydrogens is 421 g/mol. The van der Waals surface area contributed by atoms with E-state index in [9.17, 15) is 18.8 Å². The van der Waals surface area contributed by atoms with Crippen LogP contribution in [0, 0.1) is 11.7 Å². The summed E-state index contributed by atoms with van der Waals surface area (Å²) in [4.78, 5) is 38.7. The molecule has 0 radical (unpaired) electrons. The number of rotatable bonds is 5. The highest BCUT2D eigenvalue weighted by atomic mass is 35.5. The Morgan fingerprint density at radius 3 is 2.66 bits per heavy atom. The zero-order chi connectivity index (χ0) is 21.1. The fourth-order valence-corrected chi connectivity index (χ4v) is 4.70. The van der Waals surface area contributed by atoms with E-state index < -0.39 is 17.9 Å². The summed E-state index contributed by atoms with van der Waals surface area (Å²) in [6.07, 6.45) is 0.0254. The van der Waals surface area contributed by atoms with Gasteiger partial charge in [-0.15, -0.1) is 11.3 Å². The fourth-order valence-electron chi connectivity index (χ4n) is 3.29. The molecule has 0 N–H and O–H groups in total. The summed E-state index contributed by atoms with van der Waals surface area (Å²) in [5.74, 6) is -1.93. The number of piperidine rings is 1. The van der Waals surface area contributed by atoms with Gasteiger partial charge in [-0.25, -0.2) is 9.18 Å². The number of carbonyl (C=O) groups excluding carboxylic acids is 3. The van der Waals surface area contributed by atoms with E-state index in [4.69, 9.17) is 21.1 Å². The van der Waals surface area contributed by atoms with E-state index in [-0.39, 0.29) is 27.7 Å². The van der Waals surface area contributed by atoms with Gasteiger partial charge in [0.15, 0.2) is 6.10 Å². The third-order valence-electron chi connectivity index (χ3n) is 4.84. The Bertz CT molecular complexity index is 938. The van der Waals surface area contributed by atoms with Gasteiger partial charge in [0.25, 0.3) is 5.91 Å². The maximum atomic E-state index is 13.4. The fraction of sp³-hybridized carbons (Fsp3) is 0.450. The van der Waals surface area contributed by atoms with Crippen LogP contribution in [0.4, 0.5) is 4.39 Å². The number of fused-ring (bicyclic) bond motifs is 1. The molecule has 1 saturated heterocycles. The number of amides is 1. The second kappa shape index (κ2) is 9.09. The predicted octanol–water partition coefficient (Wildman–Crippen LogP) is 4.04. The molecule has 1 aromatic carbocycles. The maximum absolute atomic E-state index is 13.4. The minimum atomic E-state index is -1.00. The van der Waals surface area contributed by atoms with E-state index in [2.05, 4.69) is 0 Å². The molecule has 1 aromatic heterocycles. The average Bonchev–Trinajstić information content (AvgIpc) is 3.03. The van der Waals surface area contributed by atoms with Gasteiger partial charge in [0.1, 0.15) is 10.7 Å². The Labute approximate surface area is 176 Å². The number of esters is 2. The molecule has 3 rings (SSSR count). The lowest BCUT2D eigenvalue weighted by Crippen LogP contribution is -2.45. The highest BCUT2D eigenvalue weighted by Crippen LogP contribution is 2.36. The van der Waals surface area contributed by atoms with Crippen LogP contribution < -0.4 is 0 Å². The Morgan fingerprint density at radius 2 is 2.00 bits per heavy atom. The summed E-state index contributed by atoms with van der Waals surface area (Å²) in [7, 11) is 0. The third kappa shape index (κ3) is 4.70. The van der Waals surface area contributed by atoms with E-state index >= 15 is 0 Å². The molecule has 0 saturated carbocycles. The molecule has 2 aromatic rings. The minimum Gasteiger partial charge on any atom is -0.466 e. The summed E-state index contributed by atoms with van der Waals surface area (Å²) in [6, 6.07) is 4.07. The number of benzene rings is 1. The molecule has 156 valence electrons. The molecule has 1 fully saturated rings. The van der Waals surface area contributed by atoms with Crippen LogP contribution in [0.3, 0.4) is 0 Å². The van der Waals surface area contributed by atoms with Crippen LogP contribution in [0.5, 0.6) is 0 Å². The Balaban J connectivity index is 1.61.